The van der Waals surface area contributed by atoms with E-state index in [4.69, 9.17) is 5.73 Å². The van der Waals surface area contributed by atoms with E-state index < -0.39 is 0 Å². The fraction of sp³-hybridized carbons (Fsp3) is 0.294. The van der Waals surface area contributed by atoms with Gasteiger partial charge in [0.2, 0.25) is 0 Å². The van der Waals surface area contributed by atoms with Gasteiger partial charge in [-0.15, -0.1) is 0 Å². The van der Waals surface area contributed by atoms with Crippen LogP contribution in [0, 0.1) is 5.82 Å². The molecule has 0 aliphatic rings. The molecule has 0 bridgehead atoms. The van der Waals surface area contributed by atoms with Gasteiger partial charge in [-0.3, -0.25) is 0 Å². The number of rotatable bonds is 5. The number of nitrogens with two attached hydrogens (primary N) is 1. The van der Waals surface area contributed by atoms with Crippen molar-refractivity contribution in [3.05, 3.63) is 59.9 Å². The molecule has 0 spiro atoms. The standard InChI is InChI=1S/C17H22FN3/c1-20(2)15-9-7-13(8-10-15)17(12-19)21(3)16-6-4-5-14(18)11-16/h4-11,17H,12,19H2,1-3H3. The molecule has 0 radical (unpaired) electrons. The van der Waals surface area contributed by atoms with Gasteiger partial charge in [-0.1, -0.05) is 18.2 Å². The summed E-state index contributed by atoms with van der Waals surface area (Å²) in [6.45, 7) is 0.467. The van der Waals surface area contributed by atoms with Crippen molar-refractivity contribution in [1.82, 2.24) is 0 Å². The Morgan fingerprint density at radius 2 is 1.67 bits per heavy atom. The molecule has 0 amide bonds. The van der Waals surface area contributed by atoms with E-state index in [9.17, 15) is 4.39 Å². The van der Waals surface area contributed by atoms with Crippen LogP contribution in [0.25, 0.3) is 0 Å². The maximum atomic E-state index is 13.4. The van der Waals surface area contributed by atoms with Gasteiger partial charge in [-0.25, -0.2) is 4.39 Å². The fourth-order valence-corrected chi connectivity index (χ4v) is 2.39. The summed E-state index contributed by atoms with van der Waals surface area (Å²) in [4.78, 5) is 4.06. The molecular weight excluding hydrogens is 265 g/mol. The number of hydrogen-bond acceptors (Lipinski definition) is 3. The highest BCUT2D eigenvalue weighted by Gasteiger charge is 2.16. The van der Waals surface area contributed by atoms with E-state index in [1.807, 2.05) is 32.1 Å². The number of benzene rings is 2. The quantitative estimate of drug-likeness (QED) is 0.917. The van der Waals surface area contributed by atoms with Gasteiger partial charge in [-0.05, 0) is 35.9 Å². The molecule has 2 aromatic carbocycles. The van der Waals surface area contributed by atoms with Crippen LogP contribution < -0.4 is 15.5 Å². The average molecular weight is 287 g/mol. The van der Waals surface area contributed by atoms with Crippen molar-refractivity contribution in [3.63, 3.8) is 0 Å². The molecular formula is C17H22FN3. The van der Waals surface area contributed by atoms with E-state index in [-0.39, 0.29) is 11.9 Å². The van der Waals surface area contributed by atoms with Crippen LogP contribution in [-0.2, 0) is 0 Å². The van der Waals surface area contributed by atoms with Crippen molar-refractivity contribution in [2.75, 3.05) is 37.5 Å². The van der Waals surface area contributed by atoms with Crippen molar-refractivity contribution in [2.24, 2.45) is 5.73 Å². The zero-order valence-corrected chi connectivity index (χ0v) is 12.8. The molecule has 112 valence electrons. The summed E-state index contributed by atoms with van der Waals surface area (Å²) in [7, 11) is 5.95. The highest BCUT2D eigenvalue weighted by Crippen LogP contribution is 2.26. The molecule has 0 saturated carbocycles. The Labute approximate surface area is 125 Å². The summed E-state index contributed by atoms with van der Waals surface area (Å²) in [5.41, 5.74) is 9.02. The number of likely N-dealkylation sites (N-methyl/N-ethyl adjacent to an activating group) is 1. The van der Waals surface area contributed by atoms with Gasteiger partial charge in [0.25, 0.3) is 0 Å². The lowest BCUT2D eigenvalue weighted by Gasteiger charge is -2.30. The first-order chi connectivity index (χ1) is 10.0. The van der Waals surface area contributed by atoms with E-state index in [2.05, 4.69) is 29.2 Å². The molecule has 0 heterocycles. The van der Waals surface area contributed by atoms with Crippen molar-refractivity contribution in [1.29, 1.82) is 0 Å². The second-order valence-corrected chi connectivity index (χ2v) is 5.33. The second kappa shape index (κ2) is 6.59. The smallest absolute Gasteiger partial charge is 0.125 e. The van der Waals surface area contributed by atoms with Gasteiger partial charge >= 0.3 is 0 Å². The Bertz CT molecular complexity index is 581. The Kier molecular flexibility index (Phi) is 4.81. The highest BCUT2D eigenvalue weighted by atomic mass is 19.1. The molecule has 1 atom stereocenters. The summed E-state index contributed by atoms with van der Waals surface area (Å²) in [6, 6.07) is 14.9. The molecule has 3 nitrogen and oxygen atoms in total. The van der Waals surface area contributed by atoms with E-state index in [1.54, 1.807) is 6.07 Å². The van der Waals surface area contributed by atoms with Gasteiger partial charge < -0.3 is 15.5 Å². The van der Waals surface area contributed by atoms with Crippen molar-refractivity contribution in [3.8, 4) is 0 Å². The van der Waals surface area contributed by atoms with Crippen molar-refractivity contribution in [2.45, 2.75) is 6.04 Å². The Hall–Kier alpha value is -2.07. The van der Waals surface area contributed by atoms with E-state index in [0.717, 1.165) is 16.9 Å². The normalized spacial score (nSPS) is 12.0. The lowest BCUT2D eigenvalue weighted by molar-refractivity contribution is 0.623. The molecule has 0 aromatic heterocycles. The molecule has 21 heavy (non-hydrogen) atoms. The molecule has 1 unspecified atom stereocenters. The van der Waals surface area contributed by atoms with Gasteiger partial charge in [-0.2, -0.15) is 0 Å². The number of halogens is 1. The minimum atomic E-state index is -0.238. The van der Waals surface area contributed by atoms with Crippen LogP contribution in [-0.4, -0.2) is 27.7 Å². The average Bonchev–Trinajstić information content (AvgIpc) is 2.48. The van der Waals surface area contributed by atoms with Gasteiger partial charge in [0.1, 0.15) is 5.82 Å². The van der Waals surface area contributed by atoms with E-state index in [0.29, 0.717) is 6.54 Å². The molecule has 2 N–H and O–H groups in total. The van der Waals surface area contributed by atoms with Gasteiger partial charge in [0, 0.05) is 39.1 Å². The maximum absolute atomic E-state index is 13.4. The molecule has 0 fully saturated rings. The topological polar surface area (TPSA) is 32.5 Å². The summed E-state index contributed by atoms with van der Waals surface area (Å²) in [5.74, 6) is -0.238. The van der Waals surface area contributed by atoms with Crippen LogP contribution in [0.2, 0.25) is 0 Å². The monoisotopic (exact) mass is 287 g/mol. The first-order valence-corrected chi connectivity index (χ1v) is 6.98. The van der Waals surface area contributed by atoms with Crippen molar-refractivity contribution >= 4 is 11.4 Å². The fourth-order valence-electron chi connectivity index (χ4n) is 2.39. The minimum Gasteiger partial charge on any atom is -0.378 e. The third-order valence-electron chi connectivity index (χ3n) is 3.70. The first-order valence-electron chi connectivity index (χ1n) is 6.98. The lowest BCUT2D eigenvalue weighted by Crippen LogP contribution is -2.30. The molecule has 0 aliphatic heterocycles. The molecule has 4 heteroatoms. The van der Waals surface area contributed by atoms with Crippen molar-refractivity contribution < 1.29 is 4.39 Å². The van der Waals surface area contributed by atoms with Crippen LogP contribution >= 0.6 is 0 Å². The number of nitrogens with zero attached hydrogens (tertiary/aromatic N) is 2. The third-order valence-corrected chi connectivity index (χ3v) is 3.70. The predicted octanol–water partition coefficient (Wildman–Crippen LogP) is 3.03. The largest absolute Gasteiger partial charge is 0.378 e. The van der Waals surface area contributed by atoms with Crippen LogP contribution in [0.5, 0.6) is 0 Å². The summed E-state index contributed by atoms with van der Waals surface area (Å²) in [5, 5.41) is 0. The summed E-state index contributed by atoms with van der Waals surface area (Å²) >= 11 is 0. The third kappa shape index (κ3) is 3.52. The minimum absolute atomic E-state index is 0.0167. The molecule has 2 rings (SSSR count). The Morgan fingerprint density at radius 3 is 2.19 bits per heavy atom. The van der Waals surface area contributed by atoms with Crippen LogP contribution in [0.3, 0.4) is 0 Å². The highest BCUT2D eigenvalue weighted by molar-refractivity contribution is 5.51. The van der Waals surface area contributed by atoms with E-state index in [1.165, 1.54) is 12.1 Å². The number of hydrogen-bond donors (Lipinski definition) is 1. The SMILES string of the molecule is CN(C)c1ccc(C(CN)N(C)c2cccc(F)c2)cc1. The summed E-state index contributed by atoms with van der Waals surface area (Å²) in [6.07, 6.45) is 0. The number of anilines is 2. The Morgan fingerprint density at radius 1 is 1.00 bits per heavy atom. The summed E-state index contributed by atoms with van der Waals surface area (Å²) < 4.78 is 13.4. The van der Waals surface area contributed by atoms with Crippen LogP contribution in [0.15, 0.2) is 48.5 Å². The zero-order valence-electron chi connectivity index (χ0n) is 12.8. The van der Waals surface area contributed by atoms with Gasteiger partial charge in [0.05, 0.1) is 6.04 Å². The lowest BCUT2D eigenvalue weighted by atomic mass is 10.0. The van der Waals surface area contributed by atoms with Crippen LogP contribution in [0.1, 0.15) is 11.6 Å². The van der Waals surface area contributed by atoms with Crippen LogP contribution in [0.4, 0.5) is 15.8 Å². The van der Waals surface area contributed by atoms with E-state index >= 15 is 0 Å². The molecule has 2 aromatic rings. The maximum Gasteiger partial charge on any atom is 0.125 e. The zero-order chi connectivity index (χ0) is 15.4. The predicted molar refractivity (Wildman–Crippen MR) is 87.4 cm³/mol. The second-order valence-electron chi connectivity index (χ2n) is 5.33. The van der Waals surface area contributed by atoms with Gasteiger partial charge in [0.15, 0.2) is 0 Å². The molecule has 0 aliphatic carbocycles. The first kappa shape index (κ1) is 15.3. The Balaban J connectivity index is 2.26. The molecule has 0 saturated heterocycles.